The number of hydrogen-bond donors (Lipinski definition) is 2. The van der Waals surface area contributed by atoms with Gasteiger partial charge in [0.15, 0.2) is 0 Å². The summed E-state index contributed by atoms with van der Waals surface area (Å²) in [5, 5.41) is 3.68. The van der Waals surface area contributed by atoms with Crippen LogP contribution < -0.4 is 15.9 Å². The van der Waals surface area contributed by atoms with Gasteiger partial charge in [0, 0.05) is 0 Å². The molecular weight excluding hydrogens is 266 g/mol. The van der Waals surface area contributed by atoms with Gasteiger partial charge in [-0.05, 0) is 53.9 Å². The van der Waals surface area contributed by atoms with Crippen molar-refractivity contribution in [2.75, 3.05) is 0 Å². The molecule has 0 aliphatic carbocycles. The Kier molecular flexibility index (Phi) is 4.93. The Morgan fingerprint density at radius 2 is 1.71 bits per heavy atom. The number of nitrogens with two attached hydrogens (primary N) is 1. The number of ether oxygens (including phenoxy) is 1. The maximum Gasteiger partial charge on any atom is 0.332 e. The van der Waals surface area contributed by atoms with E-state index >= 15 is 0 Å². The van der Waals surface area contributed by atoms with Crippen LogP contribution in [0.2, 0.25) is 0 Å². The van der Waals surface area contributed by atoms with Gasteiger partial charge in [0.05, 0.1) is 6.21 Å². The number of nitrogens with zero attached hydrogens (tertiary/aromatic N) is 1. The summed E-state index contributed by atoms with van der Waals surface area (Å²) >= 11 is 0. The normalized spacial score (nSPS) is 10.5. The lowest BCUT2D eigenvalue weighted by molar-refractivity contribution is 0.249. The highest BCUT2D eigenvalue weighted by atomic mass is 16.5. The Bertz CT molecular complexity index is 619. The molecule has 0 fully saturated rings. The van der Waals surface area contributed by atoms with Gasteiger partial charge < -0.3 is 10.5 Å². The number of hydrazone groups is 1. The molecule has 5 heteroatoms. The average molecular weight is 283 g/mol. The molecule has 2 aromatic rings. The fourth-order valence-electron chi connectivity index (χ4n) is 1.72. The molecule has 0 aliphatic rings. The van der Waals surface area contributed by atoms with Crippen LogP contribution in [0.15, 0.2) is 53.6 Å². The molecule has 0 aromatic heterocycles. The molecule has 0 aliphatic heterocycles. The van der Waals surface area contributed by atoms with Gasteiger partial charge in [-0.3, -0.25) is 0 Å². The van der Waals surface area contributed by atoms with Crippen LogP contribution in [-0.2, 0) is 6.42 Å². The molecule has 2 aromatic carbocycles. The van der Waals surface area contributed by atoms with Crippen molar-refractivity contribution in [1.29, 1.82) is 0 Å². The lowest BCUT2D eigenvalue weighted by Gasteiger charge is -2.06. The van der Waals surface area contributed by atoms with Crippen molar-refractivity contribution in [3.05, 3.63) is 59.7 Å². The van der Waals surface area contributed by atoms with Gasteiger partial charge in [0.2, 0.25) is 0 Å². The number of carbonyl (C=O) groups excluding carboxylic acids is 1. The second kappa shape index (κ2) is 7.09. The molecule has 5 nitrogen and oxygen atoms in total. The fourth-order valence-corrected chi connectivity index (χ4v) is 1.72. The number of rotatable bonds is 5. The number of urea groups is 1. The molecule has 0 atom stereocenters. The highest BCUT2D eigenvalue weighted by Gasteiger charge is 1.98. The number of primary amides is 1. The van der Waals surface area contributed by atoms with E-state index < -0.39 is 6.03 Å². The predicted molar refractivity (Wildman–Crippen MR) is 82.6 cm³/mol. The van der Waals surface area contributed by atoms with Crippen molar-refractivity contribution in [1.82, 2.24) is 5.43 Å². The Morgan fingerprint density at radius 1 is 1.14 bits per heavy atom. The predicted octanol–water partition coefficient (Wildman–Crippen LogP) is 3.04. The first-order chi connectivity index (χ1) is 10.2. The standard InChI is InChI=1S/C16H17N3O2/c1-2-12-3-7-14(8-4-12)21-15-9-5-13(6-10-15)11-18-19-16(17)20/h3-11H,2H2,1H3,(H3,17,19,20)/b18-11-. The summed E-state index contributed by atoms with van der Waals surface area (Å²) in [6, 6.07) is 14.6. The van der Waals surface area contributed by atoms with Crippen molar-refractivity contribution in [2.24, 2.45) is 10.8 Å². The molecule has 21 heavy (non-hydrogen) atoms. The smallest absolute Gasteiger partial charge is 0.332 e. The highest BCUT2D eigenvalue weighted by molar-refractivity contribution is 5.81. The van der Waals surface area contributed by atoms with Crippen molar-refractivity contribution in [3.63, 3.8) is 0 Å². The molecule has 0 radical (unpaired) electrons. The van der Waals surface area contributed by atoms with E-state index in [9.17, 15) is 4.79 Å². The number of benzene rings is 2. The van der Waals surface area contributed by atoms with Gasteiger partial charge in [-0.2, -0.15) is 5.10 Å². The summed E-state index contributed by atoms with van der Waals surface area (Å²) in [7, 11) is 0. The van der Waals surface area contributed by atoms with E-state index in [0.717, 1.165) is 23.5 Å². The number of carbonyl (C=O) groups is 1. The van der Waals surface area contributed by atoms with Crippen LogP contribution in [0.4, 0.5) is 4.79 Å². The zero-order valence-corrected chi connectivity index (χ0v) is 11.7. The van der Waals surface area contributed by atoms with Gasteiger partial charge in [0.1, 0.15) is 11.5 Å². The zero-order chi connectivity index (χ0) is 15.1. The number of nitrogens with one attached hydrogen (secondary N) is 1. The van der Waals surface area contributed by atoms with E-state index in [2.05, 4.69) is 17.5 Å². The molecule has 0 saturated heterocycles. The Hall–Kier alpha value is -2.82. The van der Waals surface area contributed by atoms with Crippen LogP contribution in [0.25, 0.3) is 0 Å². The lowest BCUT2D eigenvalue weighted by Crippen LogP contribution is -2.24. The van der Waals surface area contributed by atoms with Crippen LogP contribution >= 0.6 is 0 Å². The SMILES string of the molecule is CCc1ccc(Oc2ccc(/C=N\NC(N)=O)cc2)cc1. The number of aryl methyl sites for hydroxylation is 1. The first-order valence-electron chi connectivity index (χ1n) is 6.62. The third-order valence-corrected chi connectivity index (χ3v) is 2.84. The molecule has 2 rings (SSSR count). The molecule has 0 unspecified atom stereocenters. The van der Waals surface area contributed by atoms with E-state index in [1.54, 1.807) is 0 Å². The van der Waals surface area contributed by atoms with Crippen molar-refractivity contribution in [3.8, 4) is 11.5 Å². The Morgan fingerprint density at radius 3 is 2.24 bits per heavy atom. The van der Waals surface area contributed by atoms with Gasteiger partial charge in [-0.15, -0.1) is 0 Å². The van der Waals surface area contributed by atoms with Gasteiger partial charge in [-0.1, -0.05) is 19.1 Å². The molecule has 0 heterocycles. The summed E-state index contributed by atoms with van der Waals surface area (Å²) in [5.74, 6) is 1.53. The van der Waals surface area contributed by atoms with Crippen LogP contribution in [0.3, 0.4) is 0 Å². The Labute approximate surface area is 123 Å². The van der Waals surface area contributed by atoms with E-state index in [1.165, 1.54) is 11.8 Å². The Balaban J connectivity index is 1.98. The van der Waals surface area contributed by atoms with E-state index in [-0.39, 0.29) is 0 Å². The summed E-state index contributed by atoms with van der Waals surface area (Å²) in [6.07, 6.45) is 2.51. The van der Waals surface area contributed by atoms with E-state index in [0.29, 0.717) is 0 Å². The summed E-state index contributed by atoms with van der Waals surface area (Å²) in [6.45, 7) is 2.11. The fraction of sp³-hybridized carbons (Fsp3) is 0.125. The molecule has 3 N–H and O–H groups in total. The molecule has 0 spiro atoms. The zero-order valence-electron chi connectivity index (χ0n) is 11.7. The second-order valence-corrected chi connectivity index (χ2v) is 4.40. The van der Waals surface area contributed by atoms with Crippen molar-refractivity contribution >= 4 is 12.2 Å². The minimum absolute atomic E-state index is 0.693. The summed E-state index contributed by atoms with van der Waals surface area (Å²) in [4.78, 5) is 10.5. The number of hydrogen-bond acceptors (Lipinski definition) is 3. The van der Waals surface area contributed by atoms with E-state index in [4.69, 9.17) is 10.5 Å². The first kappa shape index (κ1) is 14.6. The van der Waals surface area contributed by atoms with Crippen molar-refractivity contribution in [2.45, 2.75) is 13.3 Å². The van der Waals surface area contributed by atoms with Gasteiger partial charge in [0.25, 0.3) is 0 Å². The van der Waals surface area contributed by atoms with Crippen LogP contribution in [-0.4, -0.2) is 12.2 Å². The summed E-state index contributed by atoms with van der Waals surface area (Å²) in [5.41, 5.74) is 9.14. The minimum Gasteiger partial charge on any atom is -0.457 e. The lowest BCUT2D eigenvalue weighted by atomic mass is 10.2. The summed E-state index contributed by atoms with van der Waals surface area (Å²) < 4.78 is 5.74. The third kappa shape index (κ3) is 4.65. The highest BCUT2D eigenvalue weighted by Crippen LogP contribution is 2.21. The van der Waals surface area contributed by atoms with Crippen LogP contribution in [0.5, 0.6) is 11.5 Å². The monoisotopic (exact) mass is 283 g/mol. The largest absolute Gasteiger partial charge is 0.457 e. The molecule has 2 amide bonds. The molecule has 0 bridgehead atoms. The maximum absolute atomic E-state index is 10.5. The van der Waals surface area contributed by atoms with Gasteiger partial charge >= 0.3 is 6.03 Å². The average Bonchev–Trinajstić information content (AvgIpc) is 2.49. The van der Waals surface area contributed by atoms with Crippen LogP contribution in [0.1, 0.15) is 18.1 Å². The molecule has 108 valence electrons. The molecule has 0 saturated carbocycles. The third-order valence-electron chi connectivity index (χ3n) is 2.84. The maximum atomic E-state index is 10.5. The topological polar surface area (TPSA) is 76.7 Å². The minimum atomic E-state index is -0.693. The second-order valence-electron chi connectivity index (χ2n) is 4.40. The number of amides is 2. The van der Waals surface area contributed by atoms with Gasteiger partial charge in [-0.25, -0.2) is 10.2 Å². The van der Waals surface area contributed by atoms with Crippen LogP contribution in [0, 0.1) is 0 Å². The van der Waals surface area contributed by atoms with Crippen molar-refractivity contribution < 1.29 is 9.53 Å². The quantitative estimate of drug-likeness (QED) is 0.653. The first-order valence-corrected chi connectivity index (χ1v) is 6.62. The van der Waals surface area contributed by atoms with E-state index in [1.807, 2.05) is 48.5 Å². The molecular formula is C16H17N3O2.